The molecule has 3 heteroatoms. The molecule has 0 spiro atoms. The number of carbonyl (C=O) groups is 2. The van der Waals surface area contributed by atoms with Crippen LogP contribution in [-0.4, -0.2) is 11.7 Å². The first-order valence-corrected chi connectivity index (χ1v) is 6.57. The van der Waals surface area contributed by atoms with Gasteiger partial charge in [0, 0.05) is 12.3 Å². The summed E-state index contributed by atoms with van der Waals surface area (Å²) in [5.74, 6) is -0.0732. The van der Waals surface area contributed by atoms with Gasteiger partial charge in [-0.25, -0.2) is 0 Å². The third-order valence-electron chi connectivity index (χ3n) is 3.60. The van der Waals surface area contributed by atoms with Gasteiger partial charge >= 0.3 is 0 Å². The minimum Gasteiger partial charge on any atom is -0.369 e. The molecule has 0 aliphatic heterocycles. The van der Waals surface area contributed by atoms with Gasteiger partial charge in [-0.2, -0.15) is 0 Å². The Morgan fingerprint density at radius 1 is 1.22 bits per heavy atom. The molecule has 1 aliphatic rings. The molecular weight excluding hydrogens is 226 g/mol. The minimum atomic E-state index is -0.344. The lowest BCUT2D eigenvalue weighted by molar-refractivity contribution is -0.120. The van der Waals surface area contributed by atoms with Crippen LogP contribution in [0.25, 0.3) is 0 Å². The first kappa shape index (κ1) is 12.8. The molecule has 0 radical (unpaired) electrons. The summed E-state index contributed by atoms with van der Waals surface area (Å²) in [6.45, 7) is 0. The van der Waals surface area contributed by atoms with Gasteiger partial charge in [-0.3, -0.25) is 9.59 Å². The van der Waals surface area contributed by atoms with Crippen molar-refractivity contribution in [1.82, 2.24) is 0 Å². The van der Waals surface area contributed by atoms with Gasteiger partial charge in [0.1, 0.15) is 5.78 Å². The van der Waals surface area contributed by atoms with Crippen LogP contribution in [0.15, 0.2) is 24.3 Å². The highest BCUT2D eigenvalue weighted by atomic mass is 16.1. The van der Waals surface area contributed by atoms with Gasteiger partial charge in [0.25, 0.3) is 0 Å². The number of carbonyl (C=O) groups excluding carboxylic acids is 2. The summed E-state index contributed by atoms with van der Waals surface area (Å²) in [6.07, 6.45) is 4.99. The third-order valence-corrected chi connectivity index (χ3v) is 3.60. The molecule has 1 unspecified atom stereocenters. The average molecular weight is 245 g/mol. The number of ketones is 1. The van der Waals surface area contributed by atoms with E-state index in [4.69, 9.17) is 5.73 Å². The Labute approximate surface area is 107 Å². The van der Waals surface area contributed by atoms with E-state index in [1.807, 2.05) is 24.3 Å². The molecule has 2 rings (SSSR count). The first-order valence-electron chi connectivity index (χ1n) is 6.57. The number of benzene rings is 1. The second-order valence-electron chi connectivity index (χ2n) is 4.96. The topological polar surface area (TPSA) is 60.2 Å². The van der Waals surface area contributed by atoms with Crippen molar-refractivity contribution in [1.29, 1.82) is 0 Å². The molecule has 0 bridgehead atoms. The lowest BCUT2D eigenvalue weighted by Gasteiger charge is -2.17. The number of hydrogen-bond acceptors (Lipinski definition) is 2. The van der Waals surface area contributed by atoms with Crippen molar-refractivity contribution in [3.8, 4) is 0 Å². The van der Waals surface area contributed by atoms with E-state index in [1.54, 1.807) is 0 Å². The van der Waals surface area contributed by atoms with Crippen LogP contribution in [0.5, 0.6) is 0 Å². The Kier molecular flexibility index (Phi) is 4.13. The number of rotatable bonds is 3. The summed E-state index contributed by atoms with van der Waals surface area (Å²) in [4.78, 5) is 23.2. The normalized spacial score (nSPS) is 20.4. The van der Waals surface area contributed by atoms with Crippen LogP contribution in [0.1, 0.15) is 49.1 Å². The quantitative estimate of drug-likeness (QED) is 0.831. The smallest absolute Gasteiger partial charge is 0.221 e. The molecule has 3 nitrogen and oxygen atoms in total. The summed E-state index contributed by atoms with van der Waals surface area (Å²) in [7, 11) is 0. The third kappa shape index (κ3) is 2.97. The number of Topliss-reactive ketones (excluding diaryl/α,β-unsaturated/α-hetero) is 1. The van der Waals surface area contributed by atoms with E-state index in [1.165, 1.54) is 0 Å². The number of primary amides is 1. The van der Waals surface area contributed by atoms with Crippen LogP contribution in [0, 0.1) is 0 Å². The SMILES string of the molecule is NC(=O)Cc1ccccc1C1CCCCCC1=O. The van der Waals surface area contributed by atoms with Gasteiger partial charge in [0.15, 0.2) is 0 Å². The zero-order valence-electron chi connectivity index (χ0n) is 10.5. The lowest BCUT2D eigenvalue weighted by Crippen LogP contribution is -2.18. The maximum atomic E-state index is 12.1. The Bertz CT molecular complexity index is 454. The fourth-order valence-corrected chi connectivity index (χ4v) is 2.71. The van der Waals surface area contributed by atoms with Crippen LogP contribution in [0.3, 0.4) is 0 Å². The second kappa shape index (κ2) is 5.80. The van der Waals surface area contributed by atoms with Gasteiger partial charge in [0.2, 0.25) is 5.91 Å². The van der Waals surface area contributed by atoms with E-state index < -0.39 is 0 Å². The highest BCUT2D eigenvalue weighted by molar-refractivity contribution is 5.87. The highest BCUT2D eigenvalue weighted by Crippen LogP contribution is 2.31. The molecule has 1 saturated carbocycles. The van der Waals surface area contributed by atoms with E-state index in [0.29, 0.717) is 12.2 Å². The largest absolute Gasteiger partial charge is 0.369 e. The molecule has 0 heterocycles. The van der Waals surface area contributed by atoms with Gasteiger partial charge in [-0.15, -0.1) is 0 Å². The van der Waals surface area contributed by atoms with Crippen LogP contribution in [-0.2, 0) is 16.0 Å². The molecular formula is C15H19NO2. The predicted octanol–water partition coefficient (Wildman–Crippen LogP) is 2.33. The maximum Gasteiger partial charge on any atom is 0.221 e. The number of nitrogens with two attached hydrogens (primary N) is 1. The fourth-order valence-electron chi connectivity index (χ4n) is 2.71. The van der Waals surface area contributed by atoms with E-state index in [0.717, 1.165) is 36.8 Å². The lowest BCUT2D eigenvalue weighted by atomic mass is 9.86. The van der Waals surface area contributed by atoms with Crippen LogP contribution in [0.4, 0.5) is 0 Å². The molecule has 0 aromatic heterocycles. The second-order valence-corrected chi connectivity index (χ2v) is 4.96. The minimum absolute atomic E-state index is 0.0388. The average Bonchev–Trinajstić information content (AvgIpc) is 2.54. The summed E-state index contributed by atoms with van der Waals surface area (Å²) < 4.78 is 0. The van der Waals surface area contributed by atoms with E-state index in [-0.39, 0.29) is 18.2 Å². The van der Waals surface area contributed by atoms with Crippen molar-refractivity contribution < 1.29 is 9.59 Å². The van der Waals surface area contributed by atoms with Gasteiger partial charge < -0.3 is 5.73 Å². The monoisotopic (exact) mass is 245 g/mol. The van der Waals surface area contributed by atoms with Gasteiger partial charge in [0.05, 0.1) is 6.42 Å². The standard InChI is InChI=1S/C15H19NO2/c16-15(18)10-11-6-4-5-7-12(11)13-8-2-1-3-9-14(13)17/h4-7,13H,1-3,8-10H2,(H2,16,18). The van der Waals surface area contributed by atoms with E-state index in [9.17, 15) is 9.59 Å². The molecule has 1 atom stereocenters. The molecule has 1 aliphatic carbocycles. The molecule has 1 amide bonds. The molecule has 1 fully saturated rings. The van der Waals surface area contributed by atoms with Gasteiger partial charge in [-0.05, 0) is 24.0 Å². The summed E-state index contributed by atoms with van der Waals surface area (Å²) in [5.41, 5.74) is 7.18. The van der Waals surface area contributed by atoms with E-state index >= 15 is 0 Å². The van der Waals surface area contributed by atoms with Crippen molar-refractivity contribution >= 4 is 11.7 Å². The van der Waals surface area contributed by atoms with Crippen LogP contribution < -0.4 is 5.73 Å². The molecule has 0 saturated heterocycles. The number of hydrogen-bond donors (Lipinski definition) is 1. The summed E-state index contributed by atoms with van der Waals surface area (Å²) in [5, 5.41) is 0. The van der Waals surface area contributed by atoms with Gasteiger partial charge in [-0.1, -0.05) is 37.1 Å². The van der Waals surface area contributed by atoms with Crippen molar-refractivity contribution in [3.05, 3.63) is 35.4 Å². The summed E-state index contributed by atoms with van der Waals surface area (Å²) >= 11 is 0. The van der Waals surface area contributed by atoms with Crippen molar-refractivity contribution in [2.45, 2.75) is 44.4 Å². The van der Waals surface area contributed by atoms with Crippen LogP contribution in [0.2, 0.25) is 0 Å². The Hall–Kier alpha value is -1.64. The van der Waals surface area contributed by atoms with Crippen molar-refractivity contribution in [3.63, 3.8) is 0 Å². The van der Waals surface area contributed by atoms with Crippen molar-refractivity contribution in [2.24, 2.45) is 5.73 Å². The zero-order valence-corrected chi connectivity index (χ0v) is 10.5. The zero-order chi connectivity index (χ0) is 13.0. The van der Waals surface area contributed by atoms with Crippen LogP contribution >= 0.6 is 0 Å². The predicted molar refractivity (Wildman–Crippen MR) is 70.2 cm³/mol. The Morgan fingerprint density at radius 3 is 2.78 bits per heavy atom. The fraction of sp³-hybridized carbons (Fsp3) is 0.467. The van der Waals surface area contributed by atoms with Crippen molar-refractivity contribution in [2.75, 3.05) is 0 Å². The molecule has 2 N–H and O–H groups in total. The van der Waals surface area contributed by atoms with E-state index in [2.05, 4.69) is 0 Å². The first-order chi connectivity index (χ1) is 8.68. The Morgan fingerprint density at radius 2 is 2.00 bits per heavy atom. The molecule has 1 aromatic rings. The highest BCUT2D eigenvalue weighted by Gasteiger charge is 2.24. The number of amides is 1. The molecule has 18 heavy (non-hydrogen) atoms. The molecule has 96 valence electrons. The Balaban J connectivity index is 2.30. The maximum absolute atomic E-state index is 12.1. The summed E-state index contributed by atoms with van der Waals surface area (Å²) in [6, 6.07) is 7.69. The molecule has 1 aromatic carbocycles.